The molecule has 0 atom stereocenters. The Hall–Kier alpha value is -1.95. The molecule has 0 saturated heterocycles. The summed E-state index contributed by atoms with van der Waals surface area (Å²) in [4.78, 5) is 20.2. The first-order valence-corrected chi connectivity index (χ1v) is 8.14. The molecule has 22 heavy (non-hydrogen) atoms. The van der Waals surface area contributed by atoms with Crippen LogP contribution < -0.4 is 5.32 Å². The number of aromatic nitrogens is 2. The maximum absolute atomic E-state index is 11.5. The Kier molecular flexibility index (Phi) is 5.49. The SMILES string of the molecule is CC(C)(C)OC(=O)NCCCc1nc(-c2cccnc2)cs1. The number of hydrogen-bond donors (Lipinski definition) is 1. The molecular weight excluding hydrogens is 298 g/mol. The van der Waals surface area contributed by atoms with Crippen LogP contribution in [0.2, 0.25) is 0 Å². The van der Waals surface area contributed by atoms with Gasteiger partial charge in [-0.2, -0.15) is 0 Å². The summed E-state index contributed by atoms with van der Waals surface area (Å²) in [6.07, 6.45) is 4.85. The maximum Gasteiger partial charge on any atom is 0.407 e. The van der Waals surface area contributed by atoms with Gasteiger partial charge in [0, 0.05) is 36.3 Å². The summed E-state index contributed by atoms with van der Waals surface area (Å²) in [5, 5.41) is 5.85. The number of carbonyl (C=O) groups excluding carboxylic acids is 1. The summed E-state index contributed by atoms with van der Waals surface area (Å²) >= 11 is 1.63. The van der Waals surface area contributed by atoms with Gasteiger partial charge >= 0.3 is 6.09 Å². The molecule has 2 heterocycles. The van der Waals surface area contributed by atoms with Crippen molar-refractivity contribution in [2.45, 2.75) is 39.2 Å². The molecule has 2 rings (SSSR count). The number of ether oxygens (including phenoxy) is 1. The Morgan fingerprint density at radius 2 is 2.23 bits per heavy atom. The Morgan fingerprint density at radius 3 is 2.91 bits per heavy atom. The highest BCUT2D eigenvalue weighted by Gasteiger charge is 2.15. The number of thiazole rings is 1. The Morgan fingerprint density at radius 1 is 1.41 bits per heavy atom. The number of pyridine rings is 1. The van der Waals surface area contributed by atoms with Crippen LogP contribution in [-0.2, 0) is 11.2 Å². The van der Waals surface area contributed by atoms with Gasteiger partial charge < -0.3 is 10.1 Å². The fourth-order valence-corrected chi connectivity index (χ4v) is 2.67. The lowest BCUT2D eigenvalue weighted by Crippen LogP contribution is -2.33. The Labute approximate surface area is 134 Å². The molecule has 0 aliphatic heterocycles. The summed E-state index contributed by atoms with van der Waals surface area (Å²) in [5.74, 6) is 0. The summed E-state index contributed by atoms with van der Waals surface area (Å²) in [7, 11) is 0. The fourth-order valence-electron chi connectivity index (χ4n) is 1.82. The normalized spacial score (nSPS) is 11.2. The molecule has 6 heteroatoms. The smallest absolute Gasteiger partial charge is 0.407 e. The minimum absolute atomic E-state index is 0.373. The molecule has 0 saturated carbocycles. The first kappa shape index (κ1) is 16.4. The van der Waals surface area contributed by atoms with Crippen molar-refractivity contribution >= 4 is 17.4 Å². The third-order valence-corrected chi connectivity index (χ3v) is 3.65. The van der Waals surface area contributed by atoms with Crippen LogP contribution in [0.1, 0.15) is 32.2 Å². The number of hydrogen-bond acceptors (Lipinski definition) is 5. The first-order valence-electron chi connectivity index (χ1n) is 7.26. The minimum Gasteiger partial charge on any atom is -0.444 e. The van der Waals surface area contributed by atoms with Gasteiger partial charge in [0.05, 0.1) is 10.7 Å². The lowest BCUT2D eigenvalue weighted by Gasteiger charge is -2.19. The summed E-state index contributed by atoms with van der Waals surface area (Å²) in [6, 6.07) is 3.90. The van der Waals surface area contributed by atoms with E-state index in [2.05, 4.69) is 15.3 Å². The third-order valence-electron chi connectivity index (χ3n) is 2.74. The van der Waals surface area contributed by atoms with Gasteiger partial charge in [0.1, 0.15) is 5.60 Å². The van der Waals surface area contributed by atoms with Crippen LogP contribution in [0.5, 0.6) is 0 Å². The molecule has 0 aliphatic carbocycles. The molecule has 0 aromatic carbocycles. The second-order valence-electron chi connectivity index (χ2n) is 5.90. The van der Waals surface area contributed by atoms with E-state index in [9.17, 15) is 4.79 Å². The predicted octanol–water partition coefficient (Wildman–Crippen LogP) is 3.66. The molecule has 0 spiro atoms. The number of aryl methyl sites for hydroxylation is 1. The van der Waals surface area contributed by atoms with Gasteiger partial charge in [-0.3, -0.25) is 4.98 Å². The lowest BCUT2D eigenvalue weighted by atomic mass is 10.2. The highest BCUT2D eigenvalue weighted by atomic mass is 32.1. The van der Waals surface area contributed by atoms with Crippen molar-refractivity contribution in [3.8, 4) is 11.3 Å². The van der Waals surface area contributed by atoms with Gasteiger partial charge in [0.2, 0.25) is 0 Å². The van der Waals surface area contributed by atoms with E-state index < -0.39 is 5.60 Å². The highest BCUT2D eigenvalue weighted by Crippen LogP contribution is 2.21. The van der Waals surface area contributed by atoms with Crippen LogP contribution in [0.3, 0.4) is 0 Å². The van der Waals surface area contributed by atoms with Crippen molar-refractivity contribution in [1.82, 2.24) is 15.3 Å². The molecule has 2 aromatic heterocycles. The molecule has 0 aliphatic rings. The van der Waals surface area contributed by atoms with Crippen molar-refractivity contribution in [2.75, 3.05) is 6.54 Å². The van der Waals surface area contributed by atoms with Gasteiger partial charge in [-0.05, 0) is 39.3 Å². The lowest BCUT2D eigenvalue weighted by molar-refractivity contribution is 0.0527. The van der Waals surface area contributed by atoms with Crippen molar-refractivity contribution in [3.63, 3.8) is 0 Å². The second-order valence-corrected chi connectivity index (χ2v) is 6.84. The van der Waals surface area contributed by atoms with Crippen molar-refractivity contribution in [1.29, 1.82) is 0 Å². The van der Waals surface area contributed by atoms with Gasteiger partial charge in [0.25, 0.3) is 0 Å². The molecule has 0 fully saturated rings. The average molecular weight is 319 g/mol. The number of carbonyl (C=O) groups is 1. The quantitative estimate of drug-likeness (QED) is 0.854. The summed E-state index contributed by atoms with van der Waals surface area (Å²) < 4.78 is 5.18. The van der Waals surface area contributed by atoms with Gasteiger partial charge in [-0.25, -0.2) is 9.78 Å². The zero-order valence-electron chi connectivity index (χ0n) is 13.1. The van der Waals surface area contributed by atoms with E-state index in [1.807, 2.05) is 44.5 Å². The third kappa shape index (κ3) is 5.44. The molecule has 5 nitrogen and oxygen atoms in total. The van der Waals surface area contributed by atoms with Crippen LogP contribution in [0, 0.1) is 0 Å². The monoisotopic (exact) mass is 319 g/mol. The van der Waals surface area contributed by atoms with Crippen LogP contribution in [0.25, 0.3) is 11.3 Å². The van der Waals surface area contributed by atoms with Gasteiger partial charge in [-0.15, -0.1) is 11.3 Å². The van der Waals surface area contributed by atoms with E-state index in [1.165, 1.54) is 0 Å². The van der Waals surface area contributed by atoms with Gasteiger partial charge in [-0.1, -0.05) is 0 Å². The number of nitrogens with zero attached hydrogens (tertiary/aromatic N) is 2. The average Bonchev–Trinajstić information content (AvgIpc) is 2.91. The van der Waals surface area contributed by atoms with E-state index in [1.54, 1.807) is 17.5 Å². The largest absolute Gasteiger partial charge is 0.444 e. The molecule has 0 bridgehead atoms. The summed E-state index contributed by atoms with van der Waals surface area (Å²) in [6.45, 7) is 6.13. The molecule has 118 valence electrons. The fraction of sp³-hybridized carbons (Fsp3) is 0.438. The number of rotatable bonds is 5. The van der Waals surface area contributed by atoms with E-state index in [4.69, 9.17) is 4.74 Å². The van der Waals surface area contributed by atoms with E-state index in [-0.39, 0.29) is 6.09 Å². The molecule has 1 N–H and O–H groups in total. The number of amides is 1. The van der Waals surface area contributed by atoms with Crippen LogP contribution in [0.15, 0.2) is 29.9 Å². The number of alkyl carbamates (subject to hydrolysis) is 1. The molecular formula is C16H21N3O2S. The van der Waals surface area contributed by atoms with Crippen molar-refractivity contribution in [2.24, 2.45) is 0 Å². The maximum atomic E-state index is 11.5. The molecule has 1 amide bonds. The minimum atomic E-state index is -0.460. The predicted molar refractivity (Wildman–Crippen MR) is 87.9 cm³/mol. The zero-order valence-corrected chi connectivity index (χ0v) is 13.9. The first-order chi connectivity index (χ1) is 10.4. The Balaban J connectivity index is 1.74. The zero-order chi connectivity index (χ0) is 16.0. The van der Waals surface area contributed by atoms with Crippen LogP contribution >= 0.6 is 11.3 Å². The molecule has 0 unspecified atom stereocenters. The standard InChI is InChI=1S/C16H21N3O2S/c1-16(2,3)21-15(20)18-9-5-7-14-19-13(11-22-14)12-6-4-8-17-10-12/h4,6,8,10-11H,5,7,9H2,1-3H3,(H,18,20). The highest BCUT2D eigenvalue weighted by molar-refractivity contribution is 7.09. The Bertz CT molecular complexity index is 605. The molecule has 2 aromatic rings. The van der Waals surface area contributed by atoms with Crippen LogP contribution in [0.4, 0.5) is 4.79 Å². The second kappa shape index (κ2) is 7.35. The summed E-state index contributed by atoms with van der Waals surface area (Å²) in [5.41, 5.74) is 1.52. The van der Waals surface area contributed by atoms with E-state index in [0.29, 0.717) is 6.54 Å². The van der Waals surface area contributed by atoms with Crippen molar-refractivity contribution in [3.05, 3.63) is 34.9 Å². The van der Waals surface area contributed by atoms with Gasteiger partial charge in [0.15, 0.2) is 0 Å². The topological polar surface area (TPSA) is 64.1 Å². The molecule has 0 radical (unpaired) electrons. The van der Waals surface area contributed by atoms with Crippen LogP contribution in [-0.4, -0.2) is 28.2 Å². The van der Waals surface area contributed by atoms with Crippen molar-refractivity contribution < 1.29 is 9.53 Å². The van der Waals surface area contributed by atoms with E-state index >= 15 is 0 Å². The number of nitrogens with one attached hydrogen (secondary N) is 1. The van der Waals surface area contributed by atoms with E-state index in [0.717, 1.165) is 29.1 Å².